The lowest BCUT2D eigenvalue weighted by atomic mass is 10.1. The van der Waals surface area contributed by atoms with Crippen molar-refractivity contribution in [3.8, 4) is 0 Å². The summed E-state index contributed by atoms with van der Waals surface area (Å²) in [5, 5.41) is 1.70. The van der Waals surface area contributed by atoms with Crippen molar-refractivity contribution < 1.29 is 4.39 Å². The second-order valence-electron chi connectivity index (χ2n) is 2.91. The highest BCUT2D eigenvalue weighted by Crippen LogP contribution is 2.20. The summed E-state index contributed by atoms with van der Waals surface area (Å²) >= 11 is 0. The van der Waals surface area contributed by atoms with Gasteiger partial charge in [-0.15, -0.1) is 0 Å². The highest BCUT2D eigenvalue weighted by molar-refractivity contribution is 5.85. The topological polar surface area (TPSA) is 0 Å². The Morgan fingerprint density at radius 3 is 2.00 bits per heavy atom. The van der Waals surface area contributed by atoms with Crippen molar-refractivity contribution >= 4 is 10.8 Å². The first-order valence-corrected chi connectivity index (χ1v) is 4.93. The Kier molecular flexibility index (Phi) is 3.63. The van der Waals surface area contributed by atoms with Crippen LogP contribution >= 0.6 is 0 Å². The average molecular weight is 190 g/mol. The van der Waals surface area contributed by atoms with Crippen molar-refractivity contribution in [1.29, 1.82) is 0 Å². The third kappa shape index (κ3) is 1.92. The second kappa shape index (κ2) is 4.75. The first-order chi connectivity index (χ1) is 6.79. The Labute approximate surface area is 84.4 Å². The van der Waals surface area contributed by atoms with Gasteiger partial charge < -0.3 is 0 Å². The molecule has 0 saturated carbocycles. The van der Waals surface area contributed by atoms with Gasteiger partial charge in [0.05, 0.1) is 0 Å². The van der Waals surface area contributed by atoms with E-state index in [1.807, 2.05) is 39.0 Å². The van der Waals surface area contributed by atoms with Gasteiger partial charge in [0.1, 0.15) is 5.82 Å². The molecule has 0 atom stereocenters. The number of rotatable bonds is 0. The van der Waals surface area contributed by atoms with Crippen LogP contribution in [-0.2, 0) is 0 Å². The molecule has 0 fully saturated rings. The van der Waals surface area contributed by atoms with Gasteiger partial charge in [-0.1, -0.05) is 44.2 Å². The molecule has 1 heteroatoms. The quantitative estimate of drug-likeness (QED) is 0.580. The number of aryl methyl sites for hydroxylation is 1. The van der Waals surface area contributed by atoms with E-state index >= 15 is 0 Å². The van der Waals surface area contributed by atoms with Gasteiger partial charge in [0, 0.05) is 5.39 Å². The maximum absolute atomic E-state index is 13.2. The third-order valence-corrected chi connectivity index (χ3v) is 2.09. The monoisotopic (exact) mass is 190 g/mol. The number of fused-ring (bicyclic) bond motifs is 1. The molecule has 2 aromatic carbocycles. The molecule has 2 aromatic rings. The van der Waals surface area contributed by atoms with Gasteiger partial charge in [-0.2, -0.15) is 0 Å². The molecule has 0 bridgehead atoms. The zero-order valence-electron chi connectivity index (χ0n) is 8.84. The fourth-order valence-electron chi connectivity index (χ4n) is 1.41. The lowest BCUT2D eigenvalue weighted by molar-refractivity contribution is 0.639. The number of hydrogen-bond donors (Lipinski definition) is 0. The van der Waals surface area contributed by atoms with E-state index < -0.39 is 0 Å². The van der Waals surface area contributed by atoms with E-state index in [1.165, 1.54) is 6.07 Å². The molecule has 0 aliphatic rings. The summed E-state index contributed by atoms with van der Waals surface area (Å²) in [7, 11) is 0. The maximum atomic E-state index is 13.2. The molecule has 0 spiro atoms. The molecule has 14 heavy (non-hydrogen) atoms. The van der Waals surface area contributed by atoms with E-state index in [9.17, 15) is 4.39 Å². The van der Waals surface area contributed by atoms with Gasteiger partial charge in [-0.05, 0) is 23.9 Å². The molecule has 0 saturated heterocycles. The van der Waals surface area contributed by atoms with Gasteiger partial charge in [0.15, 0.2) is 0 Å². The summed E-state index contributed by atoms with van der Waals surface area (Å²) in [6.07, 6.45) is 0. The van der Waals surface area contributed by atoms with Crippen molar-refractivity contribution in [1.82, 2.24) is 0 Å². The van der Waals surface area contributed by atoms with Crippen LogP contribution in [0.5, 0.6) is 0 Å². The van der Waals surface area contributed by atoms with E-state index in [4.69, 9.17) is 0 Å². The summed E-state index contributed by atoms with van der Waals surface area (Å²) in [5.41, 5.74) is 1.12. The largest absolute Gasteiger partial charge is 0.206 e. The molecule has 0 heterocycles. The molecule has 0 radical (unpaired) electrons. The lowest BCUT2D eigenvalue weighted by Gasteiger charge is -2.01. The van der Waals surface area contributed by atoms with Crippen molar-refractivity contribution in [3.05, 3.63) is 47.8 Å². The van der Waals surface area contributed by atoms with Gasteiger partial charge in [0.25, 0.3) is 0 Å². The molecule has 2 rings (SSSR count). The van der Waals surface area contributed by atoms with Crippen molar-refractivity contribution in [2.75, 3.05) is 0 Å². The molecule has 0 N–H and O–H groups in total. The van der Waals surface area contributed by atoms with Crippen molar-refractivity contribution in [2.45, 2.75) is 20.8 Å². The summed E-state index contributed by atoms with van der Waals surface area (Å²) < 4.78 is 13.2. The molecule has 0 aliphatic carbocycles. The Balaban J connectivity index is 0.000000461. The molecular formula is C13H15F. The van der Waals surface area contributed by atoms with E-state index in [0.717, 1.165) is 10.9 Å². The second-order valence-corrected chi connectivity index (χ2v) is 2.91. The predicted octanol–water partition coefficient (Wildman–Crippen LogP) is 4.31. The summed E-state index contributed by atoms with van der Waals surface area (Å²) in [4.78, 5) is 0. The third-order valence-electron chi connectivity index (χ3n) is 2.09. The van der Waals surface area contributed by atoms with E-state index in [0.29, 0.717) is 5.39 Å². The fourth-order valence-corrected chi connectivity index (χ4v) is 1.41. The van der Waals surface area contributed by atoms with Crippen LogP contribution in [0.4, 0.5) is 4.39 Å². The van der Waals surface area contributed by atoms with Gasteiger partial charge in [-0.25, -0.2) is 4.39 Å². The Hall–Kier alpha value is -1.37. The standard InChI is InChI=1S/C11H9F.C2H6/c1-8-6-7-11(12)10-5-3-2-4-9(8)10;1-2/h2-7H,1H3;1-2H3. The van der Waals surface area contributed by atoms with Gasteiger partial charge >= 0.3 is 0 Å². The van der Waals surface area contributed by atoms with Crippen LogP contribution in [-0.4, -0.2) is 0 Å². The molecule has 0 amide bonds. The minimum absolute atomic E-state index is 0.142. The van der Waals surface area contributed by atoms with Crippen LogP contribution < -0.4 is 0 Å². The van der Waals surface area contributed by atoms with Crippen molar-refractivity contribution in [2.24, 2.45) is 0 Å². The Morgan fingerprint density at radius 1 is 0.857 bits per heavy atom. The first kappa shape index (κ1) is 10.7. The minimum Gasteiger partial charge on any atom is -0.206 e. The van der Waals surface area contributed by atoms with Crippen LogP contribution in [0.3, 0.4) is 0 Å². The maximum Gasteiger partial charge on any atom is 0.131 e. The molecule has 0 aliphatic heterocycles. The smallest absolute Gasteiger partial charge is 0.131 e. The zero-order chi connectivity index (χ0) is 10.6. The zero-order valence-corrected chi connectivity index (χ0v) is 8.84. The summed E-state index contributed by atoms with van der Waals surface area (Å²) in [6, 6.07) is 10.8. The summed E-state index contributed by atoms with van der Waals surface area (Å²) in [5.74, 6) is -0.142. The number of halogens is 1. The Morgan fingerprint density at radius 2 is 1.43 bits per heavy atom. The van der Waals surface area contributed by atoms with Crippen LogP contribution in [0, 0.1) is 12.7 Å². The SMILES string of the molecule is CC.Cc1ccc(F)c2ccccc12. The number of benzene rings is 2. The molecule has 0 aromatic heterocycles. The normalized spacial score (nSPS) is 9.43. The van der Waals surface area contributed by atoms with Gasteiger partial charge in [-0.3, -0.25) is 0 Å². The summed E-state index contributed by atoms with van der Waals surface area (Å²) in [6.45, 7) is 5.99. The lowest BCUT2D eigenvalue weighted by Crippen LogP contribution is -1.81. The Bertz CT molecular complexity index is 378. The highest BCUT2D eigenvalue weighted by Gasteiger charge is 2.00. The van der Waals surface area contributed by atoms with E-state index in [2.05, 4.69) is 0 Å². The molecule has 0 unspecified atom stereocenters. The fraction of sp³-hybridized carbons (Fsp3) is 0.231. The van der Waals surface area contributed by atoms with E-state index in [1.54, 1.807) is 12.1 Å². The van der Waals surface area contributed by atoms with Crippen LogP contribution in [0.2, 0.25) is 0 Å². The highest BCUT2D eigenvalue weighted by atomic mass is 19.1. The van der Waals surface area contributed by atoms with Crippen LogP contribution in [0.25, 0.3) is 10.8 Å². The minimum atomic E-state index is -0.142. The average Bonchev–Trinajstić information content (AvgIpc) is 2.27. The van der Waals surface area contributed by atoms with Crippen molar-refractivity contribution in [3.63, 3.8) is 0 Å². The van der Waals surface area contributed by atoms with Crippen LogP contribution in [0.15, 0.2) is 36.4 Å². The first-order valence-electron chi connectivity index (χ1n) is 4.93. The molecule has 0 nitrogen and oxygen atoms in total. The molecule has 74 valence electrons. The van der Waals surface area contributed by atoms with Crippen LogP contribution in [0.1, 0.15) is 19.4 Å². The van der Waals surface area contributed by atoms with E-state index in [-0.39, 0.29) is 5.82 Å². The molecular weight excluding hydrogens is 175 g/mol. The number of hydrogen-bond acceptors (Lipinski definition) is 0. The predicted molar refractivity (Wildman–Crippen MR) is 60.0 cm³/mol. The van der Waals surface area contributed by atoms with Gasteiger partial charge in [0.2, 0.25) is 0 Å².